The van der Waals surface area contributed by atoms with Gasteiger partial charge in [0.1, 0.15) is 33.9 Å². The standard InChI is InChI=1S/C34H34FN5O4/c1-19(2)17-43-28-15-26(33(41)37-21-9-6-5-7-10-21)38-31-22(28)13-14-23-29(44-18-20(3)4)16-27(39-32(23)31)34(42)40-25-12-8-11-24(36)30(25)35/h5-16,19-20H,17-18,36H2,1-4H3,(H,37,41)(H,40,42). The van der Waals surface area contributed by atoms with Gasteiger partial charge in [-0.25, -0.2) is 14.4 Å². The largest absolute Gasteiger partial charge is 0.493 e. The number of nitrogens with two attached hydrogens (primary N) is 1. The van der Waals surface area contributed by atoms with Crippen LogP contribution in [0.3, 0.4) is 0 Å². The molecule has 0 radical (unpaired) electrons. The van der Waals surface area contributed by atoms with E-state index in [0.717, 1.165) is 0 Å². The molecule has 2 aromatic heterocycles. The highest BCUT2D eigenvalue weighted by atomic mass is 19.1. The van der Waals surface area contributed by atoms with Crippen LogP contribution in [-0.4, -0.2) is 35.0 Å². The van der Waals surface area contributed by atoms with Gasteiger partial charge in [0.2, 0.25) is 0 Å². The van der Waals surface area contributed by atoms with E-state index in [1.165, 1.54) is 24.3 Å². The Kier molecular flexibility index (Phi) is 8.89. The molecule has 10 heteroatoms. The third kappa shape index (κ3) is 6.70. The van der Waals surface area contributed by atoms with E-state index in [0.29, 0.717) is 52.2 Å². The molecule has 0 saturated carbocycles. The minimum atomic E-state index is -0.744. The van der Waals surface area contributed by atoms with Crippen LogP contribution in [0.5, 0.6) is 11.5 Å². The highest BCUT2D eigenvalue weighted by molar-refractivity contribution is 6.12. The maximum Gasteiger partial charge on any atom is 0.274 e. The zero-order chi connectivity index (χ0) is 31.4. The Balaban J connectivity index is 1.68. The summed E-state index contributed by atoms with van der Waals surface area (Å²) < 4.78 is 26.9. The van der Waals surface area contributed by atoms with E-state index in [1.54, 1.807) is 18.2 Å². The maximum atomic E-state index is 14.6. The van der Waals surface area contributed by atoms with E-state index >= 15 is 0 Å². The summed E-state index contributed by atoms with van der Waals surface area (Å²) in [5.74, 6) is -0.590. The smallest absolute Gasteiger partial charge is 0.274 e. The predicted octanol–water partition coefficient (Wildman–Crippen LogP) is 7.08. The summed E-state index contributed by atoms with van der Waals surface area (Å²) in [6.07, 6.45) is 0. The zero-order valence-corrected chi connectivity index (χ0v) is 25.0. The fourth-order valence-corrected chi connectivity index (χ4v) is 4.45. The van der Waals surface area contributed by atoms with Gasteiger partial charge in [-0.2, -0.15) is 0 Å². The summed E-state index contributed by atoms with van der Waals surface area (Å²) in [7, 11) is 0. The van der Waals surface area contributed by atoms with Gasteiger partial charge >= 0.3 is 0 Å². The van der Waals surface area contributed by atoms with Gasteiger partial charge in [-0.3, -0.25) is 9.59 Å². The summed E-state index contributed by atoms with van der Waals surface area (Å²) in [6.45, 7) is 8.84. The van der Waals surface area contributed by atoms with E-state index in [1.807, 2.05) is 58.0 Å². The molecule has 0 atom stereocenters. The minimum Gasteiger partial charge on any atom is -0.493 e. The number of hydrogen-bond acceptors (Lipinski definition) is 7. The number of hydrogen-bond donors (Lipinski definition) is 3. The molecular weight excluding hydrogens is 561 g/mol. The normalized spacial score (nSPS) is 11.2. The average molecular weight is 596 g/mol. The van der Waals surface area contributed by atoms with Crippen molar-refractivity contribution in [1.82, 2.24) is 9.97 Å². The van der Waals surface area contributed by atoms with Crippen molar-refractivity contribution in [3.63, 3.8) is 0 Å². The molecule has 0 bridgehead atoms. The van der Waals surface area contributed by atoms with E-state index in [-0.39, 0.29) is 34.6 Å². The quantitative estimate of drug-likeness (QED) is 0.116. The number of rotatable bonds is 10. The van der Waals surface area contributed by atoms with Gasteiger partial charge in [-0.1, -0.05) is 52.0 Å². The molecule has 0 aliphatic heterocycles. The number of nitrogens with zero attached hydrogens (tertiary/aromatic N) is 2. The van der Waals surface area contributed by atoms with Crippen molar-refractivity contribution < 1.29 is 23.5 Å². The summed E-state index contributed by atoms with van der Waals surface area (Å²) in [5, 5.41) is 6.61. The van der Waals surface area contributed by atoms with Crippen LogP contribution in [0.25, 0.3) is 21.8 Å². The molecule has 0 spiro atoms. The number of anilines is 3. The van der Waals surface area contributed by atoms with Crippen molar-refractivity contribution in [1.29, 1.82) is 0 Å². The number of halogens is 1. The van der Waals surface area contributed by atoms with E-state index in [2.05, 4.69) is 15.6 Å². The van der Waals surface area contributed by atoms with Crippen LogP contribution in [0.4, 0.5) is 21.5 Å². The van der Waals surface area contributed by atoms with Crippen molar-refractivity contribution >= 4 is 50.7 Å². The number of benzene rings is 3. The van der Waals surface area contributed by atoms with Crippen molar-refractivity contribution in [3.05, 3.63) is 90.0 Å². The van der Waals surface area contributed by atoms with Crippen LogP contribution in [-0.2, 0) is 0 Å². The number of nitrogens with one attached hydrogen (secondary N) is 2. The number of carbonyl (C=O) groups excluding carboxylic acids is 2. The van der Waals surface area contributed by atoms with Gasteiger partial charge < -0.3 is 25.8 Å². The lowest BCUT2D eigenvalue weighted by molar-refractivity contribution is 0.101. The number of fused-ring (bicyclic) bond motifs is 3. The van der Waals surface area contributed by atoms with Gasteiger partial charge in [0.25, 0.3) is 11.8 Å². The van der Waals surface area contributed by atoms with Crippen molar-refractivity contribution in [2.24, 2.45) is 11.8 Å². The predicted molar refractivity (Wildman–Crippen MR) is 171 cm³/mol. The van der Waals surface area contributed by atoms with Crippen molar-refractivity contribution in [2.45, 2.75) is 27.7 Å². The molecule has 4 N–H and O–H groups in total. The Morgan fingerprint density at radius 2 is 1.27 bits per heavy atom. The molecule has 5 rings (SSSR count). The third-order valence-electron chi connectivity index (χ3n) is 6.60. The Labute approximate surface area is 254 Å². The minimum absolute atomic E-state index is 0.0313. The zero-order valence-electron chi connectivity index (χ0n) is 25.0. The first kappa shape index (κ1) is 30.2. The first-order valence-electron chi connectivity index (χ1n) is 14.4. The second-order valence-corrected chi connectivity index (χ2v) is 11.3. The Hall–Kier alpha value is -5.25. The second kappa shape index (κ2) is 12.9. The molecule has 9 nitrogen and oxygen atoms in total. The van der Waals surface area contributed by atoms with Gasteiger partial charge in [-0.15, -0.1) is 0 Å². The lowest BCUT2D eigenvalue weighted by atomic mass is 10.1. The Morgan fingerprint density at radius 3 is 1.80 bits per heavy atom. The van der Waals surface area contributed by atoms with Crippen LogP contribution >= 0.6 is 0 Å². The maximum absolute atomic E-state index is 14.6. The molecule has 0 fully saturated rings. The fraction of sp³-hybridized carbons (Fsp3) is 0.235. The lowest BCUT2D eigenvalue weighted by Gasteiger charge is -2.17. The van der Waals surface area contributed by atoms with E-state index < -0.39 is 17.6 Å². The molecule has 2 heterocycles. The summed E-state index contributed by atoms with van der Waals surface area (Å²) in [6, 6.07) is 20.2. The molecule has 0 aliphatic rings. The number of amides is 2. The molecule has 5 aromatic rings. The summed E-state index contributed by atoms with van der Waals surface area (Å²) >= 11 is 0. The highest BCUT2D eigenvalue weighted by Crippen LogP contribution is 2.35. The Morgan fingerprint density at radius 1 is 0.750 bits per heavy atom. The molecule has 44 heavy (non-hydrogen) atoms. The number of para-hydroxylation sites is 1. The second-order valence-electron chi connectivity index (χ2n) is 11.3. The number of carbonyl (C=O) groups is 2. The highest BCUT2D eigenvalue weighted by Gasteiger charge is 2.21. The molecule has 0 unspecified atom stereocenters. The van der Waals surface area contributed by atoms with E-state index in [4.69, 9.17) is 20.2 Å². The molecule has 0 saturated heterocycles. The fourth-order valence-electron chi connectivity index (χ4n) is 4.45. The number of nitrogen functional groups attached to an aromatic ring is 1. The summed E-state index contributed by atoms with van der Waals surface area (Å²) in [4.78, 5) is 36.2. The first-order chi connectivity index (χ1) is 21.1. The number of pyridine rings is 2. The van der Waals surface area contributed by atoms with Crippen LogP contribution in [0, 0.1) is 17.7 Å². The SMILES string of the molecule is CC(C)COc1cc(C(=O)Nc2ccccc2)nc2c1ccc1c(OCC(C)C)cc(C(=O)Nc3cccc(N)c3F)nc12. The Bertz CT molecular complexity index is 1840. The van der Waals surface area contributed by atoms with Crippen LogP contribution in [0.2, 0.25) is 0 Å². The molecule has 226 valence electrons. The summed E-state index contributed by atoms with van der Waals surface area (Å²) in [5.41, 5.74) is 6.87. The lowest BCUT2D eigenvalue weighted by Crippen LogP contribution is -2.16. The average Bonchev–Trinajstić information content (AvgIpc) is 3.00. The van der Waals surface area contributed by atoms with Crippen LogP contribution in [0.15, 0.2) is 72.8 Å². The topological polar surface area (TPSA) is 128 Å². The van der Waals surface area contributed by atoms with E-state index in [9.17, 15) is 14.0 Å². The first-order valence-corrected chi connectivity index (χ1v) is 14.4. The number of aromatic nitrogens is 2. The third-order valence-corrected chi connectivity index (χ3v) is 6.60. The molecule has 3 aromatic carbocycles. The van der Waals surface area contributed by atoms with Crippen molar-refractivity contribution in [2.75, 3.05) is 29.6 Å². The van der Waals surface area contributed by atoms with Gasteiger partial charge in [0, 0.05) is 28.6 Å². The van der Waals surface area contributed by atoms with Gasteiger partial charge in [0.05, 0.1) is 24.6 Å². The molecule has 2 amide bonds. The van der Waals surface area contributed by atoms with Crippen molar-refractivity contribution in [3.8, 4) is 11.5 Å². The molecule has 0 aliphatic carbocycles. The van der Waals surface area contributed by atoms with Gasteiger partial charge in [-0.05, 0) is 48.2 Å². The molecular formula is C34H34FN5O4. The van der Waals surface area contributed by atoms with Crippen LogP contribution in [0.1, 0.15) is 48.7 Å². The number of ether oxygens (including phenoxy) is 2. The monoisotopic (exact) mass is 595 g/mol. The van der Waals surface area contributed by atoms with Gasteiger partial charge in [0.15, 0.2) is 5.82 Å². The van der Waals surface area contributed by atoms with Crippen LogP contribution < -0.4 is 25.8 Å².